The number of aromatic nitrogens is 2. The summed E-state index contributed by atoms with van der Waals surface area (Å²) >= 11 is 0. The first-order valence-electron chi connectivity index (χ1n) is 6.43. The van der Waals surface area contributed by atoms with Crippen molar-refractivity contribution >= 4 is 22.5 Å². The minimum atomic E-state index is -0.342. The van der Waals surface area contributed by atoms with Crippen LogP contribution in [0, 0.1) is 0 Å². The van der Waals surface area contributed by atoms with Gasteiger partial charge in [0.25, 0.3) is 5.91 Å². The number of benzene rings is 2. The van der Waals surface area contributed by atoms with Crippen molar-refractivity contribution in [2.24, 2.45) is 0 Å². The molecule has 5 nitrogen and oxygen atoms in total. The molecule has 0 bridgehead atoms. The highest BCUT2D eigenvalue weighted by atomic mass is 16.5. The van der Waals surface area contributed by atoms with Crippen molar-refractivity contribution < 1.29 is 9.53 Å². The SMILES string of the molecule is COc1ccc2cnc(C(=O)Nc3ccccc3)nc2c1. The largest absolute Gasteiger partial charge is 0.497 e. The topological polar surface area (TPSA) is 64.1 Å². The fraction of sp³-hybridized carbons (Fsp3) is 0.0625. The lowest BCUT2D eigenvalue weighted by Crippen LogP contribution is -2.15. The van der Waals surface area contributed by atoms with E-state index < -0.39 is 0 Å². The van der Waals surface area contributed by atoms with E-state index in [1.165, 1.54) is 0 Å². The molecular formula is C16H13N3O2. The summed E-state index contributed by atoms with van der Waals surface area (Å²) in [4.78, 5) is 20.5. The van der Waals surface area contributed by atoms with Crippen LogP contribution in [0.25, 0.3) is 10.9 Å². The van der Waals surface area contributed by atoms with Crippen LogP contribution in [0.5, 0.6) is 5.75 Å². The summed E-state index contributed by atoms with van der Waals surface area (Å²) in [6, 6.07) is 14.7. The smallest absolute Gasteiger partial charge is 0.293 e. The molecule has 1 heterocycles. The van der Waals surface area contributed by atoms with Gasteiger partial charge < -0.3 is 10.1 Å². The third-order valence-corrected chi connectivity index (χ3v) is 3.02. The number of amides is 1. The van der Waals surface area contributed by atoms with Crippen LogP contribution < -0.4 is 10.1 Å². The van der Waals surface area contributed by atoms with Crippen molar-refractivity contribution in [2.45, 2.75) is 0 Å². The molecule has 1 N–H and O–H groups in total. The zero-order valence-corrected chi connectivity index (χ0v) is 11.4. The van der Waals surface area contributed by atoms with Gasteiger partial charge in [0, 0.05) is 23.3 Å². The highest BCUT2D eigenvalue weighted by molar-refractivity contribution is 6.02. The molecule has 0 saturated carbocycles. The van der Waals surface area contributed by atoms with Crippen LogP contribution in [0.1, 0.15) is 10.6 Å². The molecule has 0 radical (unpaired) electrons. The number of nitrogens with one attached hydrogen (secondary N) is 1. The first kappa shape index (κ1) is 13.1. The molecule has 5 heteroatoms. The number of hydrogen-bond donors (Lipinski definition) is 1. The summed E-state index contributed by atoms with van der Waals surface area (Å²) in [5.41, 5.74) is 1.37. The average Bonchev–Trinajstić information content (AvgIpc) is 2.54. The van der Waals surface area contributed by atoms with E-state index in [0.29, 0.717) is 17.0 Å². The van der Waals surface area contributed by atoms with Gasteiger partial charge in [0.05, 0.1) is 12.6 Å². The Labute approximate surface area is 121 Å². The quantitative estimate of drug-likeness (QED) is 0.800. The van der Waals surface area contributed by atoms with Crippen LogP contribution in [-0.4, -0.2) is 23.0 Å². The molecule has 1 amide bonds. The summed E-state index contributed by atoms with van der Waals surface area (Å²) in [7, 11) is 1.59. The molecule has 0 aliphatic heterocycles. The minimum absolute atomic E-state index is 0.125. The summed E-state index contributed by atoms with van der Waals surface area (Å²) < 4.78 is 5.16. The number of fused-ring (bicyclic) bond motifs is 1. The Morgan fingerprint density at radius 3 is 2.71 bits per heavy atom. The van der Waals surface area contributed by atoms with Crippen molar-refractivity contribution in [3.63, 3.8) is 0 Å². The van der Waals surface area contributed by atoms with Crippen molar-refractivity contribution in [2.75, 3.05) is 12.4 Å². The molecular weight excluding hydrogens is 266 g/mol. The molecule has 1 aromatic heterocycles. The van der Waals surface area contributed by atoms with Crippen LogP contribution in [0.3, 0.4) is 0 Å². The van der Waals surface area contributed by atoms with E-state index in [0.717, 1.165) is 5.39 Å². The van der Waals surface area contributed by atoms with Crippen molar-refractivity contribution in [3.05, 3.63) is 60.6 Å². The number of rotatable bonds is 3. The molecule has 3 aromatic rings. The van der Waals surface area contributed by atoms with Crippen LogP contribution >= 0.6 is 0 Å². The van der Waals surface area contributed by atoms with E-state index in [1.807, 2.05) is 42.5 Å². The Bertz CT molecular complexity index is 788. The Hall–Kier alpha value is -2.95. The maximum Gasteiger partial charge on any atom is 0.293 e. The maximum atomic E-state index is 12.1. The van der Waals surface area contributed by atoms with Crippen LogP contribution in [0.2, 0.25) is 0 Å². The fourth-order valence-electron chi connectivity index (χ4n) is 1.95. The molecule has 104 valence electrons. The van der Waals surface area contributed by atoms with Gasteiger partial charge in [0.2, 0.25) is 5.82 Å². The van der Waals surface area contributed by atoms with E-state index in [-0.39, 0.29) is 11.7 Å². The molecule has 0 atom stereocenters. The zero-order valence-electron chi connectivity index (χ0n) is 11.4. The Kier molecular flexibility index (Phi) is 3.47. The van der Waals surface area contributed by atoms with Gasteiger partial charge in [-0.15, -0.1) is 0 Å². The summed E-state index contributed by atoms with van der Waals surface area (Å²) in [6.07, 6.45) is 1.63. The number of anilines is 1. The average molecular weight is 279 g/mol. The highest BCUT2D eigenvalue weighted by Gasteiger charge is 2.10. The van der Waals surface area contributed by atoms with Crippen LogP contribution in [0.4, 0.5) is 5.69 Å². The maximum absolute atomic E-state index is 12.1. The van der Waals surface area contributed by atoms with Gasteiger partial charge >= 0.3 is 0 Å². The Morgan fingerprint density at radius 1 is 1.14 bits per heavy atom. The second-order valence-electron chi connectivity index (χ2n) is 4.44. The number of carbonyl (C=O) groups is 1. The normalized spacial score (nSPS) is 10.3. The van der Waals surface area contributed by atoms with Gasteiger partial charge in [-0.2, -0.15) is 0 Å². The van der Waals surface area contributed by atoms with Gasteiger partial charge in [-0.3, -0.25) is 4.79 Å². The molecule has 0 saturated heterocycles. The summed E-state index contributed by atoms with van der Waals surface area (Å²) in [6.45, 7) is 0. The fourth-order valence-corrected chi connectivity index (χ4v) is 1.95. The monoisotopic (exact) mass is 279 g/mol. The van der Waals surface area contributed by atoms with Gasteiger partial charge in [-0.1, -0.05) is 18.2 Å². The third kappa shape index (κ3) is 2.81. The summed E-state index contributed by atoms with van der Waals surface area (Å²) in [5, 5.41) is 3.61. The standard InChI is InChI=1S/C16H13N3O2/c1-21-13-8-7-11-10-17-15(19-14(11)9-13)16(20)18-12-5-3-2-4-6-12/h2-10H,1H3,(H,18,20). The van der Waals surface area contributed by atoms with E-state index >= 15 is 0 Å². The number of methoxy groups -OCH3 is 1. The first-order valence-corrected chi connectivity index (χ1v) is 6.43. The number of para-hydroxylation sites is 1. The Morgan fingerprint density at radius 2 is 1.95 bits per heavy atom. The van der Waals surface area contributed by atoms with Crippen molar-refractivity contribution in [1.29, 1.82) is 0 Å². The van der Waals surface area contributed by atoms with E-state index in [2.05, 4.69) is 15.3 Å². The van der Waals surface area contributed by atoms with Gasteiger partial charge in [-0.25, -0.2) is 9.97 Å². The Balaban J connectivity index is 1.91. The number of ether oxygens (including phenoxy) is 1. The number of hydrogen-bond acceptors (Lipinski definition) is 4. The molecule has 0 aliphatic rings. The molecule has 0 unspecified atom stereocenters. The second-order valence-corrected chi connectivity index (χ2v) is 4.44. The molecule has 2 aromatic carbocycles. The van der Waals surface area contributed by atoms with E-state index in [4.69, 9.17) is 4.74 Å². The highest BCUT2D eigenvalue weighted by Crippen LogP contribution is 2.18. The predicted octanol–water partition coefficient (Wildman–Crippen LogP) is 2.89. The lowest BCUT2D eigenvalue weighted by molar-refractivity contribution is 0.101. The first-order chi connectivity index (χ1) is 10.3. The van der Waals surface area contributed by atoms with Crippen LogP contribution in [-0.2, 0) is 0 Å². The van der Waals surface area contributed by atoms with Gasteiger partial charge in [0.15, 0.2) is 0 Å². The lowest BCUT2D eigenvalue weighted by atomic mass is 10.2. The van der Waals surface area contributed by atoms with Crippen molar-refractivity contribution in [3.8, 4) is 5.75 Å². The molecule has 21 heavy (non-hydrogen) atoms. The van der Waals surface area contributed by atoms with E-state index in [1.54, 1.807) is 19.4 Å². The number of nitrogens with zero attached hydrogens (tertiary/aromatic N) is 2. The molecule has 0 fully saturated rings. The minimum Gasteiger partial charge on any atom is -0.497 e. The second kappa shape index (κ2) is 5.58. The predicted molar refractivity (Wildman–Crippen MR) is 80.5 cm³/mol. The number of carbonyl (C=O) groups excluding carboxylic acids is 1. The zero-order chi connectivity index (χ0) is 14.7. The van der Waals surface area contributed by atoms with Gasteiger partial charge in [-0.05, 0) is 24.3 Å². The lowest BCUT2D eigenvalue weighted by Gasteiger charge is -2.05. The van der Waals surface area contributed by atoms with Gasteiger partial charge in [0.1, 0.15) is 5.75 Å². The molecule has 0 aliphatic carbocycles. The molecule has 0 spiro atoms. The van der Waals surface area contributed by atoms with Crippen molar-refractivity contribution in [1.82, 2.24) is 9.97 Å². The van der Waals surface area contributed by atoms with Crippen LogP contribution in [0.15, 0.2) is 54.7 Å². The summed E-state index contributed by atoms with van der Waals surface area (Å²) in [5.74, 6) is 0.473. The molecule has 3 rings (SSSR count). The third-order valence-electron chi connectivity index (χ3n) is 3.02. The van der Waals surface area contributed by atoms with E-state index in [9.17, 15) is 4.79 Å².